The largest absolute Gasteiger partial charge is 0.442 e. The summed E-state index contributed by atoms with van der Waals surface area (Å²) >= 11 is 5.80. The Labute approximate surface area is 87.6 Å². The lowest BCUT2D eigenvalue weighted by Gasteiger charge is -2.09. The summed E-state index contributed by atoms with van der Waals surface area (Å²) < 4.78 is 4.96. The molecule has 0 radical (unpaired) electrons. The first-order valence-electron chi connectivity index (χ1n) is 4.58. The fourth-order valence-corrected chi connectivity index (χ4v) is 1.21. The van der Waals surface area contributed by atoms with E-state index in [0.29, 0.717) is 12.0 Å². The number of hydrogen-bond acceptors (Lipinski definition) is 3. The van der Waals surface area contributed by atoms with Gasteiger partial charge in [0.1, 0.15) is 0 Å². The van der Waals surface area contributed by atoms with Crippen molar-refractivity contribution in [3.8, 4) is 0 Å². The average Bonchev–Trinajstić information content (AvgIpc) is 2.67. The molecule has 14 heavy (non-hydrogen) atoms. The maximum atomic E-state index is 11.3. The molecule has 0 aliphatic rings. The van der Waals surface area contributed by atoms with Gasteiger partial charge in [-0.05, 0) is 12.8 Å². The highest BCUT2D eigenvalue weighted by atomic mass is 35.5. The third kappa shape index (κ3) is 3.38. The number of unbranched alkanes of at least 4 members (excludes halogenated alkanes) is 1. The maximum Gasteiger partial charge on any atom is 0.342 e. The number of carbonyl (C=O) groups excluding carboxylic acids is 1. The van der Waals surface area contributed by atoms with Crippen molar-refractivity contribution in [3.05, 3.63) is 18.0 Å². The molecular weight excluding hydrogens is 204 g/mol. The Bertz CT molecular complexity index is 274. The Morgan fingerprint density at radius 2 is 2.57 bits per heavy atom. The van der Waals surface area contributed by atoms with E-state index in [1.54, 1.807) is 0 Å². The molecule has 1 aromatic heterocycles. The first kappa shape index (κ1) is 11.0. The Kier molecular flexibility index (Phi) is 4.46. The van der Waals surface area contributed by atoms with Gasteiger partial charge in [0.2, 0.25) is 0 Å². The van der Waals surface area contributed by atoms with E-state index in [9.17, 15) is 4.79 Å². The molecule has 5 heteroatoms. The molecule has 1 heterocycles. The van der Waals surface area contributed by atoms with Gasteiger partial charge in [0.15, 0.2) is 5.56 Å². The molecule has 4 nitrogen and oxygen atoms in total. The fraction of sp³-hybridized carbons (Fsp3) is 0.556. The third-order valence-electron chi connectivity index (χ3n) is 1.75. The van der Waals surface area contributed by atoms with Gasteiger partial charge in [0, 0.05) is 6.20 Å². The number of carbonyl (C=O) groups is 1. The first-order valence-corrected chi connectivity index (χ1v) is 5.01. The molecule has 0 aliphatic heterocycles. The first-order chi connectivity index (χ1) is 6.74. The van der Waals surface area contributed by atoms with Crippen molar-refractivity contribution in [1.82, 2.24) is 10.2 Å². The number of nitrogens with zero attached hydrogens (tertiary/aromatic N) is 1. The molecular formula is C9H13ClN2O2. The number of rotatable bonds is 5. The van der Waals surface area contributed by atoms with Crippen LogP contribution in [0.4, 0.5) is 0 Å². The summed E-state index contributed by atoms with van der Waals surface area (Å²) in [6.45, 7) is 2.06. The number of ether oxygens (including phenoxy) is 1. The van der Waals surface area contributed by atoms with Crippen LogP contribution in [0.15, 0.2) is 12.4 Å². The molecule has 0 fully saturated rings. The van der Waals surface area contributed by atoms with Crippen LogP contribution in [0.2, 0.25) is 0 Å². The van der Waals surface area contributed by atoms with Crippen molar-refractivity contribution in [2.24, 2.45) is 0 Å². The molecule has 78 valence electrons. The number of alkyl halides is 1. The van der Waals surface area contributed by atoms with Crippen LogP contribution in [0.5, 0.6) is 0 Å². The molecule has 0 aliphatic carbocycles. The second-order valence-electron chi connectivity index (χ2n) is 2.94. The van der Waals surface area contributed by atoms with Crippen molar-refractivity contribution in [3.63, 3.8) is 0 Å². The standard InChI is InChI=1S/C9H13ClN2O2/c1-2-3-4-8(10)14-9(13)7-5-11-12-6-7/h5-6,8H,2-4H2,1H3,(H,11,12). The van der Waals surface area contributed by atoms with Crippen LogP contribution in [0.1, 0.15) is 36.5 Å². The Balaban J connectivity index is 2.34. The van der Waals surface area contributed by atoms with Crippen molar-refractivity contribution < 1.29 is 9.53 Å². The lowest BCUT2D eigenvalue weighted by molar-refractivity contribution is 0.0434. The average molecular weight is 217 g/mol. The number of halogens is 1. The maximum absolute atomic E-state index is 11.3. The van der Waals surface area contributed by atoms with Gasteiger partial charge in [-0.3, -0.25) is 5.10 Å². The van der Waals surface area contributed by atoms with Gasteiger partial charge >= 0.3 is 5.97 Å². The van der Waals surface area contributed by atoms with Crippen LogP contribution >= 0.6 is 11.6 Å². The number of hydrogen-bond donors (Lipinski definition) is 1. The van der Waals surface area contributed by atoms with Gasteiger partial charge in [0.05, 0.1) is 11.8 Å². The smallest absolute Gasteiger partial charge is 0.342 e. The van der Waals surface area contributed by atoms with Gasteiger partial charge in [-0.2, -0.15) is 5.10 Å². The van der Waals surface area contributed by atoms with Crippen LogP contribution < -0.4 is 0 Å². The molecule has 0 spiro atoms. The number of nitrogens with one attached hydrogen (secondary N) is 1. The molecule has 1 rings (SSSR count). The molecule has 1 unspecified atom stereocenters. The van der Waals surface area contributed by atoms with Gasteiger partial charge in [-0.1, -0.05) is 24.9 Å². The van der Waals surface area contributed by atoms with Crippen molar-refractivity contribution in [1.29, 1.82) is 0 Å². The Morgan fingerprint density at radius 1 is 1.79 bits per heavy atom. The minimum atomic E-state index is -0.544. The fourth-order valence-electron chi connectivity index (χ4n) is 0.970. The van der Waals surface area contributed by atoms with Crippen LogP contribution in [0.25, 0.3) is 0 Å². The molecule has 1 aromatic rings. The normalized spacial score (nSPS) is 12.4. The summed E-state index contributed by atoms with van der Waals surface area (Å²) in [7, 11) is 0. The van der Waals surface area contributed by atoms with E-state index < -0.39 is 11.5 Å². The van der Waals surface area contributed by atoms with Crippen LogP contribution in [0.3, 0.4) is 0 Å². The summed E-state index contributed by atoms with van der Waals surface area (Å²) in [6, 6.07) is 0. The summed E-state index contributed by atoms with van der Waals surface area (Å²) in [5, 5.41) is 6.18. The zero-order chi connectivity index (χ0) is 10.4. The number of aromatic amines is 1. The highest BCUT2D eigenvalue weighted by molar-refractivity contribution is 6.20. The highest BCUT2D eigenvalue weighted by Crippen LogP contribution is 2.11. The van der Waals surface area contributed by atoms with Crippen molar-refractivity contribution in [2.45, 2.75) is 31.7 Å². The van der Waals surface area contributed by atoms with Crippen LogP contribution in [-0.2, 0) is 4.74 Å². The monoisotopic (exact) mass is 216 g/mol. The molecule has 0 saturated heterocycles. The van der Waals surface area contributed by atoms with E-state index in [1.807, 2.05) is 0 Å². The minimum absolute atomic E-state index is 0.396. The van der Waals surface area contributed by atoms with E-state index in [-0.39, 0.29) is 0 Å². The minimum Gasteiger partial charge on any atom is -0.442 e. The van der Waals surface area contributed by atoms with Gasteiger partial charge in [-0.15, -0.1) is 0 Å². The molecule has 0 aromatic carbocycles. The zero-order valence-electron chi connectivity index (χ0n) is 8.00. The number of H-pyrrole nitrogens is 1. The topological polar surface area (TPSA) is 55.0 Å². The van der Waals surface area contributed by atoms with Gasteiger partial charge in [0.25, 0.3) is 0 Å². The van der Waals surface area contributed by atoms with Crippen molar-refractivity contribution in [2.75, 3.05) is 0 Å². The zero-order valence-corrected chi connectivity index (χ0v) is 8.75. The summed E-state index contributed by atoms with van der Waals surface area (Å²) in [5.41, 5.74) is -0.149. The molecule has 1 atom stereocenters. The van der Waals surface area contributed by atoms with E-state index in [1.165, 1.54) is 12.4 Å². The highest BCUT2D eigenvalue weighted by Gasteiger charge is 2.13. The van der Waals surface area contributed by atoms with E-state index in [4.69, 9.17) is 16.3 Å². The summed E-state index contributed by atoms with van der Waals surface area (Å²) in [4.78, 5) is 11.3. The lowest BCUT2D eigenvalue weighted by atomic mass is 10.3. The van der Waals surface area contributed by atoms with Crippen molar-refractivity contribution >= 4 is 17.6 Å². The van der Waals surface area contributed by atoms with E-state index in [2.05, 4.69) is 17.1 Å². The molecule has 0 amide bonds. The second-order valence-corrected chi connectivity index (χ2v) is 3.43. The Morgan fingerprint density at radius 3 is 3.14 bits per heavy atom. The SMILES string of the molecule is CCCCC(Cl)OC(=O)c1cn[nH]c1. The van der Waals surface area contributed by atoms with Crippen LogP contribution in [0, 0.1) is 0 Å². The van der Waals surface area contributed by atoms with E-state index >= 15 is 0 Å². The third-order valence-corrected chi connectivity index (χ3v) is 2.06. The molecule has 1 N–H and O–H groups in total. The molecule has 0 saturated carbocycles. The second kappa shape index (κ2) is 5.65. The number of aromatic nitrogens is 2. The number of esters is 1. The summed E-state index contributed by atoms with van der Waals surface area (Å²) in [6.07, 6.45) is 5.55. The van der Waals surface area contributed by atoms with Crippen LogP contribution in [-0.4, -0.2) is 21.7 Å². The lowest BCUT2D eigenvalue weighted by Crippen LogP contribution is -2.12. The predicted octanol–water partition coefficient (Wildman–Crippen LogP) is 2.32. The van der Waals surface area contributed by atoms with Gasteiger partial charge in [-0.25, -0.2) is 4.79 Å². The van der Waals surface area contributed by atoms with Gasteiger partial charge < -0.3 is 4.74 Å². The Hall–Kier alpha value is -1.03. The molecule has 0 bridgehead atoms. The quantitative estimate of drug-likeness (QED) is 0.607. The predicted molar refractivity (Wildman–Crippen MR) is 53.2 cm³/mol. The summed E-state index contributed by atoms with van der Waals surface area (Å²) in [5.74, 6) is -0.435. The van der Waals surface area contributed by atoms with E-state index in [0.717, 1.165) is 12.8 Å².